The van der Waals surface area contributed by atoms with Crippen molar-refractivity contribution < 1.29 is 19.2 Å². The Kier molecular flexibility index (Phi) is 5.94. The number of methoxy groups -OCH3 is 1. The van der Waals surface area contributed by atoms with Crippen molar-refractivity contribution in [1.29, 1.82) is 0 Å². The number of benzene rings is 2. The van der Waals surface area contributed by atoms with Gasteiger partial charge in [0.1, 0.15) is 25.1 Å². The molecule has 5 rings (SSSR count). The summed E-state index contributed by atoms with van der Waals surface area (Å²) in [4.78, 5) is 17.3. The third kappa shape index (κ3) is 4.27. The number of nitrogens with zero attached hydrogens (tertiary/aromatic N) is 2. The number of likely N-dealkylation sites (tertiary alicyclic amines) is 1. The van der Waals surface area contributed by atoms with Crippen LogP contribution in [0.2, 0.25) is 0 Å². The lowest BCUT2D eigenvalue weighted by Gasteiger charge is -2.39. The summed E-state index contributed by atoms with van der Waals surface area (Å²) < 4.78 is 8.25. The molecule has 1 aromatic heterocycles. The molecule has 1 unspecified atom stereocenters. The van der Waals surface area contributed by atoms with Crippen LogP contribution in [-0.2, 0) is 6.54 Å². The maximum Gasteiger partial charge on any atom is 0.335 e. The van der Waals surface area contributed by atoms with E-state index in [2.05, 4.69) is 39.7 Å². The number of hydrogen-bond acceptors (Lipinski definition) is 3. The van der Waals surface area contributed by atoms with E-state index in [0.29, 0.717) is 11.5 Å². The van der Waals surface area contributed by atoms with Gasteiger partial charge in [-0.2, -0.15) is 0 Å². The van der Waals surface area contributed by atoms with Gasteiger partial charge < -0.3 is 14.8 Å². The van der Waals surface area contributed by atoms with Gasteiger partial charge in [0.2, 0.25) is 0 Å². The molecular weight excluding hydrogens is 414 g/mol. The Hall–Kier alpha value is -3.12. The molecule has 2 aromatic carbocycles. The molecule has 0 bridgehead atoms. The van der Waals surface area contributed by atoms with Crippen LogP contribution >= 0.6 is 0 Å². The SMILES string of the molecule is COc1cc(C)c2[nH]ccc2c1CN1CCC(C=[N+]2CCC2)C[C@H]1c1ccc(C(=O)O)cc1. The fraction of sp³-hybridized carbons (Fsp3) is 0.407. The van der Waals surface area contributed by atoms with E-state index in [-0.39, 0.29) is 6.04 Å². The highest BCUT2D eigenvalue weighted by Gasteiger charge is 2.32. The molecule has 2 saturated heterocycles. The van der Waals surface area contributed by atoms with Gasteiger partial charge in [-0.1, -0.05) is 12.1 Å². The highest BCUT2D eigenvalue weighted by atomic mass is 16.5. The Balaban J connectivity index is 1.48. The van der Waals surface area contributed by atoms with Crippen LogP contribution in [0.4, 0.5) is 0 Å². The predicted octanol–water partition coefficient (Wildman–Crippen LogP) is 4.62. The molecule has 0 saturated carbocycles. The molecule has 3 aromatic rings. The highest BCUT2D eigenvalue weighted by molar-refractivity contribution is 5.88. The number of aromatic amines is 1. The molecule has 2 fully saturated rings. The van der Waals surface area contributed by atoms with Crippen molar-refractivity contribution in [2.45, 2.75) is 38.8 Å². The first kappa shape index (κ1) is 21.7. The first-order valence-corrected chi connectivity index (χ1v) is 11.8. The Labute approximate surface area is 194 Å². The number of H-pyrrole nitrogens is 1. The van der Waals surface area contributed by atoms with E-state index in [1.165, 1.54) is 41.6 Å². The normalized spacial score (nSPS) is 21.1. The maximum absolute atomic E-state index is 11.4. The second kappa shape index (κ2) is 9.02. The molecule has 2 atom stereocenters. The molecule has 6 heteroatoms. The quantitative estimate of drug-likeness (QED) is 0.542. The Morgan fingerprint density at radius 1 is 1.27 bits per heavy atom. The van der Waals surface area contributed by atoms with Gasteiger partial charge in [0.15, 0.2) is 0 Å². The summed E-state index contributed by atoms with van der Waals surface area (Å²) in [6, 6.07) is 11.9. The average molecular weight is 447 g/mol. The van der Waals surface area contributed by atoms with Gasteiger partial charge in [0, 0.05) is 41.2 Å². The van der Waals surface area contributed by atoms with E-state index < -0.39 is 5.97 Å². The van der Waals surface area contributed by atoms with E-state index in [1.54, 1.807) is 19.2 Å². The smallest absolute Gasteiger partial charge is 0.335 e. The van der Waals surface area contributed by atoms with Crippen LogP contribution in [0.1, 0.15) is 52.4 Å². The summed E-state index contributed by atoms with van der Waals surface area (Å²) in [6.45, 7) is 6.23. The van der Waals surface area contributed by atoms with E-state index in [9.17, 15) is 9.90 Å². The number of rotatable bonds is 6. The largest absolute Gasteiger partial charge is 0.496 e. The van der Waals surface area contributed by atoms with Crippen LogP contribution in [0.3, 0.4) is 0 Å². The molecular formula is C27H32N3O3+. The average Bonchev–Trinajstić information content (AvgIpc) is 3.29. The molecule has 0 radical (unpaired) electrons. The summed E-state index contributed by atoms with van der Waals surface area (Å²) in [6.07, 6.45) is 7.89. The molecule has 6 nitrogen and oxygen atoms in total. The number of carboxylic acids is 1. The van der Waals surface area contributed by atoms with Crippen molar-refractivity contribution in [3.05, 3.63) is 64.8 Å². The van der Waals surface area contributed by atoms with E-state index in [1.807, 2.05) is 18.3 Å². The van der Waals surface area contributed by atoms with Crippen LogP contribution in [0.15, 0.2) is 42.6 Å². The van der Waals surface area contributed by atoms with E-state index in [4.69, 9.17) is 4.74 Å². The number of aromatic nitrogens is 1. The third-order valence-corrected chi connectivity index (χ3v) is 7.30. The Morgan fingerprint density at radius 2 is 2.06 bits per heavy atom. The minimum atomic E-state index is -0.884. The van der Waals surface area contributed by atoms with E-state index >= 15 is 0 Å². The molecule has 0 aliphatic carbocycles. The number of aryl methyl sites for hydroxylation is 1. The lowest BCUT2D eigenvalue weighted by Crippen LogP contribution is -2.39. The lowest BCUT2D eigenvalue weighted by molar-refractivity contribution is -0.581. The molecule has 0 spiro atoms. The summed E-state index contributed by atoms with van der Waals surface area (Å²) in [5.41, 5.74) is 5.06. The van der Waals surface area contributed by atoms with Crippen molar-refractivity contribution in [2.75, 3.05) is 26.7 Å². The van der Waals surface area contributed by atoms with Crippen LogP contribution < -0.4 is 4.74 Å². The summed E-state index contributed by atoms with van der Waals surface area (Å²) in [7, 11) is 1.74. The Bertz CT molecular complexity index is 1190. The standard InChI is InChI=1S/C27H31N3O3/c1-18-14-25(33-2)23(22-8-10-28-26(18)22)17-30-13-9-19(16-29-11-3-12-29)15-24(30)20-4-6-21(7-5-20)27(31)32/h4-8,10,14,16,19,24,28H,3,9,11-13,15,17H2,1-2H3/p+1/t19?,24-/m0/s1. The second-order valence-corrected chi connectivity index (χ2v) is 9.38. The van der Waals surface area contributed by atoms with Gasteiger partial charge in [-0.25, -0.2) is 9.37 Å². The van der Waals surface area contributed by atoms with Crippen LogP contribution in [0.5, 0.6) is 5.75 Å². The molecule has 172 valence electrons. The van der Waals surface area contributed by atoms with Crippen molar-refractivity contribution in [1.82, 2.24) is 9.88 Å². The lowest BCUT2D eigenvalue weighted by atomic mass is 9.86. The number of piperidine rings is 1. The number of carbonyl (C=O) groups is 1. The molecule has 0 amide bonds. The molecule has 3 heterocycles. The van der Waals surface area contributed by atoms with Crippen LogP contribution in [-0.4, -0.2) is 58.5 Å². The second-order valence-electron chi connectivity index (χ2n) is 9.38. The summed E-state index contributed by atoms with van der Waals surface area (Å²) in [5.74, 6) is 0.581. The van der Waals surface area contributed by atoms with Gasteiger partial charge in [-0.15, -0.1) is 0 Å². The zero-order valence-corrected chi connectivity index (χ0v) is 19.4. The van der Waals surface area contributed by atoms with Gasteiger partial charge in [0.25, 0.3) is 0 Å². The summed E-state index contributed by atoms with van der Waals surface area (Å²) in [5, 5.41) is 10.5. The molecule has 2 N–H and O–H groups in total. The van der Waals surface area contributed by atoms with Gasteiger partial charge >= 0.3 is 5.97 Å². The van der Waals surface area contributed by atoms with Gasteiger partial charge in [-0.05, 0) is 61.7 Å². The highest BCUT2D eigenvalue weighted by Crippen LogP contribution is 2.38. The molecule has 33 heavy (non-hydrogen) atoms. The fourth-order valence-electron chi connectivity index (χ4n) is 5.33. The van der Waals surface area contributed by atoms with Gasteiger partial charge in [0.05, 0.1) is 19.1 Å². The zero-order chi connectivity index (χ0) is 22.9. The number of hydrogen-bond donors (Lipinski definition) is 2. The van der Waals surface area contributed by atoms with Crippen molar-refractivity contribution in [3.63, 3.8) is 0 Å². The first-order chi connectivity index (χ1) is 16.0. The van der Waals surface area contributed by atoms with E-state index in [0.717, 1.165) is 37.2 Å². The number of nitrogens with one attached hydrogen (secondary N) is 1. The van der Waals surface area contributed by atoms with Crippen molar-refractivity contribution in [2.24, 2.45) is 5.92 Å². The summed E-state index contributed by atoms with van der Waals surface area (Å²) >= 11 is 0. The number of ether oxygens (including phenoxy) is 1. The number of aromatic carboxylic acids is 1. The van der Waals surface area contributed by atoms with Crippen molar-refractivity contribution >= 4 is 23.1 Å². The third-order valence-electron chi connectivity index (χ3n) is 7.30. The van der Waals surface area contributed by atoms with Crippen LogP contribution in [0.25, 0.3) is 10.9 Å². The minimum absolute atomic E-state index is 0.226. The van der Waals surface area contributed by atoms with Crippen molar-refractivity contribution in [3.8, 4) is 5.75 Å². The topological polar surface area (TPSA) is 68.6 Å². The molecule has 2 aliphatic rings. The number of fused-ring (bicyclic) bond motifs is 1. The van der Waals surface area contributed by atoms with Gasteiger partial charge in [-0.3, -0.25) is 4.90 Å². The maximum atomic E-state index is 11.4. The first-order valence-electron chi connectivity index (χ1n) is 11.8. The zero-order valence-electron chi connectivity index (χ0n) is 19.4. The number of carboxylic acid groups (broad SMARTS) is 1. The Morgan fingerprint density at radius 3 is 2.73 bits per heavy atom. The minimum Gasteiger partial charge on any atom is -0.496 e. The predicted molar refractivity (Wildman–Crippen MR) is 130 cm³/mol. The molecule has 2 aliphatic heterocycles. The monoisotopic (exact) mass is 446 g/mol. The van der Waals surface area contributed by atoms with Crippen LogP contribution in [0, 0.1) is 12.8 Å². The fourth-order valence-corrected chi connectivity index (χ4v) is 5.33.